The van der Waals surface area contributed by atoms with Crippen LogP contribution in [0.1, 0.15) is 62.6 Å². The molecule has 0 heterocycles. The van der Waals surface area contributed by atoms with Gasteiger partial charge >= 0.3 is 0 Å². The van der Waals surface area contributed by atoms with Crippen LogP contribution in [0.2, 0.25) is 0 Å². The van der Waals surface area contributed by atoms with Gasteiger partial charge in [-0.15, -0.1) is 0 Å². The molecule has 0 aliphatic heterocycles. The van der Waals surface area contributed by atoms with Gasteiger partial charge in [0.15, 0.2) is 0 Å². The van der Waals surface area contributed by atoms with Crippen molar-refractivity contribution in [3.8, 4) is 0 Å². The highest BCUT2D eigenvalue weighted by Crippen LogP contribution is 2.64. The smallest absolute Gasteiger partial charge is 0.00884 e. The van der Waals surface area contributed by atoms with Crippen LogP contribution in [0.5, 0.6) is 0 Å². The molecule has 1 N–H and O–H groups in total. The summed E-state index contributed by atoms with van der Waals surface area (Å²) in [5.74, 6) is 0.736. The van der Waals surface area contributed by atoms with E-state index in [0.29, 0.717) is 5.41 Å². The summed E-state index contributed by atoms with van der Waals surface area (Å²) < 4.78 is 0. The maximum absolute atomic E-state index is 3.75. The Morgan fingerprint density at radius 2 is 1.81 bits per heavy atom. The highest BCUT2D eigenvalue weighted by atomic mass is 14.9. The van der Waals surface area contributed by atoms with Gasteiger partial charge in [-0.1, -0.05) is 38.5 Å². The minimum Gasteiger partial charge on any atom is -0.316 e. The Morgan fingerprint density at radius 1 is 1.10 bits per heavy atom. The number of benzene rings is 1. The molecule has 1 heteroatoms. The van der Waals surface area contributed by atoms with Crippen LogP contribution >= 0.6 is 0 Å². The summed E-state index contributed by atoms with van der Waals surface area (Å²) in [6.07, 6.45) is 7.23. The normalized spacial score (nSPS) is 22.1. The first kappa shape index (κ1) is 15.1. The molecule has 3 rings (SSSR count). The standard InChI is InChI=1S/C20H31N/c1-15(2)11-21-14-20(12-19(13-20)8-5-9-19)18-7-6-16(3)17(4)10-18/h6-7,10,15,21H,5,8-9,11-14H2,1-4H3. The van der Waals surface area contributed by atoms with Gasteiger partial charge in [-0.3, -0.25) is 0 Å². The molecule has 116 valence electrons. The average Bonchev–Trinajstić information content (AvgIpc) is 2.33. The Hall–Kier alpha value is -0.820. The number of hydrogen-bond donors (Lipinski definition) is 1. The van der Waals surface area contributed by atoms with Crippen molar-refractivity contribution < 1.29 is 0 Å². The predicted molar refractivity (Wildman–Crippen MR) is 90.8 cm³/mol. The lowest BCUT2D eigenvalue weighted by Gasteiger charge is -2.62. The van der Waals surface area contributed by atoms with Crippen molar-refractivity contribution in [2.45, 2.75) is 65.2 Å². The lowest BCUT2D eigenvalue weighted by molar-refractivity contribution is -0.0484. The average molecular weight is 285 g/mol. The van der Waals surface area contributed by atoms with E-state index in [1.54, 1.807) is 5.56 Å². The van der Waals surface area contributed by atoms with Crippen molar-refractivity contribution in [3.63, 3.8) is 0 Å². The van der Waals surface area contributed by atoms with E-state index >= 15 is 0 Å². The SMILES string of the molecule is Cc1ccc(C2(CNCC(C)C)CC3(CCC3)C2)cc1C. The monoisotopic (exact) mass is 285 g/mol. The fraction of sp³-hybridized carbons (Fsp3) is 0.700. The van der Waals surface area contributed by atoms with Crippen LogP contribution < -0.4 is 5.32 Å². The molecule has 1 aromatic carbocycles. The van der Waals surface area contributed by atoms with Crippen LogP contribution in [0.25, 0.3) is 0 Å². The van der Waals surface area contributed by atoms with Gasteiger partial charge in [0.2, 0.25) is 0 Å². The maximum Gasteiger partial charge on any atom is 0.00884 e. The van der Waals surface area contributed by atoms with Crippen LogP contribution in [-0.2, 0) is 5.41 Å². The lowest BCUT2D eigenvalue weighted by Crippen LogP contribution is -2.57. The Balaban J connectivity index is 1.77. The Bertz CT molecular complexity index is 503. The van der Waals surface area contributed by atoms with Crippen molar-refractivity contribution in [1.82, 2.24) is 5.32 Å². The number of hydrogen-bond acceptors (Lipinski definition) is 1. The molecule has 2 aliphatic carbocycles. The zero-order chi connectivity index (χ0) is 15.1. The molecular weight excluding hydrogens is 254 g/mol. The van der Waals surface area contributed by atoms with Gasteiger partial charge < -0.3 is 5.32 Å². The van der Waals surface area contributed by atoms with E-state index in [-0.39, 0.29) is 0 Å². The summed E-state index contributed by atoms with van der Waals surface area (Å²) in [4.78, 5) is 0. The van der Waals surface area contributed by atoms with E-state index in [1.165, 1.54) is 43.2 Å². The summed E-state index contributed by atoms with van der Waals surface area (Å²) in [6.45, 7) is 11.4. The third kappa shape index (κ3) is 2.77. The van der Waals surface area contributed by atoms with Crippen molar-refractivity contribution in [1.29, 1.82) is 0 Å². The van der Waals surface area contributed by atoms with Gasteiger partial charge in [0, 0.05) is 12.0 Å². The third-order valence-electron chi connectivity index (χ3n) is 5.98. The van der Waals surface area contributed by atoms with Gasteiger partial charge in [-0.25, -0.2) is 0 Å². The van der Waals surface area contributed by atoms with Gasteiger partial charge in [0.05, 0.1) is 0 Å². The summed E-state index contributed by atoms with van der Waals surface area (Å²) in [5.41, 5.74) is 5.58. The second-order valence-corrected chi connectivity index (χ2v) is 8.31. The first-order valence-electron chi connectivity index (χ1n) is 8.73. The predicted octanol–water partition coefficient (Wildman–Crippen LogP) is 4.75. The molecule has 0 unspecified atom stereocenters. The fourth-order valence-electron chi connectivity index (χ4n) is 4.52. The van der Waals surface area contributed by atoms with Crippen LogP contribution in [0.15, 0.2) is 18.2 Å². The number of rotatable bonds is 5. The molecule has 2 aliphatic rings. The zero-order valence-corrected chi connectivity index (χ0v) is 14.3. The molecule has 0 aromatic heterocycles. The molecule has 2 fully saturated rings. The molecule has 21 heavy (non-hydrogen) atoms. The third-order valence-corrected chi connectivity index (χ3v) is 5.98. The topological polar surface area (TPSA) is 12.0 Å². The lowest BCUT2D eigenvalue weighted by atomic mass is 9.43. The van der Waals surface area contributed by atoms with Gasteiger partial charge in [0.25, 0.3) is 0 Å². The van der Waals surface area contributed by atoms with E-state index in [9.17, 15) is 0 Å². The molecule has 2 saturated carbocycles. The quantitative estimate of drug-likeness (QED) is 0.823. The molecule has 0 atom stereocenters. The van der Waals surface area contributed by atoms with E-state index in [2.05, 4.69) is 51.2 Å². The van der Waals surface area contributed by atoms with Crippen LogP contribution in [0, 0.1) is 25.2 Å². The second kappa shape index (κ2) is 5.43. The summed E-state index contributed by atoms with van der Waals surface area (Å²) in [7, 11) is 0. The van der Waals surface area contributed by atoms with E-state index < -0.39 is 0 Å². The molecule has 0 amide bonds. The Kier molecular flexibility index (Phi) is 3.90. The Morgan fingerprint density at radius 3 is 2.33 bits per heavy atom. The van der Waals surface area contributed by atoms with E-state index in [4.69, 9.17) is 0 Å². The Labute approximate surface area is 130 Å². The number of aryl methyl sites for hydroxylation is 2. The molecule has 1 aromatic rings. The highest BCUT2D eigenvalue weighted by molar-refractivity contribution is 5.38. The zero-order valence-electron chi connectivity index (χ0n) is 14.3. The van der Waals surface area contributed by atoms with Gasteiger partial charge in [-0.2, -0.15) is 0 Å². The molecule has 0 bridgehead atoms. The minimum absolute atomic E-state index is 0.410. The van der Waals surface area contributed by atoms with E-state index in [0.717, 1.165) is 24.4 Å². The molecule has 0 radical (unpaired) electrons. The van der Waals surface area contributed by atoms with Gasteiger partial charge in [-0.05, 0) is 74.1 Å². The fourth-order valence-corrected chi connectivity index (χ4v) is 4.52. The van der Waals surface area contributed by atoms with Crippen molar-refractivity contribution >= 4 is 0 Å². The summed E-state index contributed by atoms with van der Waals surface area (Å²) >= 11 is 0. The summed E-state index contributed by atoms with van der Waals surface area (Å²) in [6, 6.07) is 7.17. The van der Waals surface area contributed by atoms with Crippen LogP contribution in [0.3, 0.4) is 0 Å². The number of nitrogens with one attached hydrogen (secondary N) is 1. The van der Waals surface area contributed by atoms with E-state index in [1.807, 2.05) is 0 Å². The maximum atomic E-state index is 3.75. The second-order valence-electron chi connectivity index (χ2n) is 8.31. The molecular formula is C20H31N. The van der Waals surface area contributed by atoms with Crippen molar-refractivity contribution in [3.05, 3.63) is 34.9 Å². The molecule has 0 saturated heterocycles. The molecule has 1 nitrogen and oxygen atoms in total. The van der Waals surface area contributed by atoms with Gasteiger partial charge in [0.1, 0.15) is 0 Å². The van der Waals surface area contributed by atoms with Crippen LogP contribution in [-0.4, -0.2) is 13.1 Å². The highest BCUT2D eigenvalue weighted by Gasteiger charge is 2.57. The summed E-state index contributed by atoms with van der Waals surface area (Å²) in [5, 5.41) is 3.75. The molecule has 1 spiro atoms. The minimum atomic E-state index is 0.410. The first-order valence-corrected chi connectivity index (χ1v) is 8.73. The largest absolute Gasteiger partial charge is 0.316 e. The first-order chi connectivity index (χ1) is 9.95. The van der Waals surface area contributed by atoms with Crippen molar-refractivity contribution in [2.24, 2.45) is 11.3 Å². The van der Waals surface area contributed by atoms with Crippen LogP contribution in [0.4, 0.5) is 0 Å². The van der Waals surface area contributed by atoms with Crippen molar-refractivity contribution in [2.75, 3.05) is 13.1 Å².